The second-order valence-electron chi connectivity index (χ2n) is 5.44. The van der Waals surface area contributed by atoms with Gasteiger partial charge in [-0.25, -0.2) is 0 Å². The van der Waals surface area contributed by atoms with E-state index in [1.807, 2.05) is 6.92 Å². The lowest BCUT2D eigenvalue weighted by atomic mass is 10.2. The summed E-state index contributed by atoms with van der Waals surface area (Å²) >= 11 is 11.9. The first-order chi connectivity index (χ1) is 11.0. The van der Waals surface area contributed by atoms with Gasteiger partial charge in [0.1, 0.15) is 0 Å². The highest BCUT2D eigenvalue weighted by atomic mass is 35.5. The molecule has 0 saturated heterocycles. The van der Waals surface area contributed by atoms with Gasteiger partial charge in [0.25, 0.3) is 0 Å². The van der Waals surface area contributed by atoms with E-state index in [0.29, 0.717) is 28.7 Å². The second-order valence-corrected chi connectivity index (χ2v) is 6.29. The van der Waals surface area contributed by atoms with Crippen LogP contribution in [0.15, 0.2) is 18.2 Å². The molecule has 0 aliphatic rings. The van der Waals surface area contributed by atoms with Crippen molar-refractivity contribution in [3.8, 4) is 0 Å². The van der Waals surface area contributed by atoms with E-state index in [-0.39, 0.29) is 18.4 Å². The molecule has 1 rings (SSSR count). The molecule has 0 atom stereocenters. The van der Waals surface area contributed by atoms with Crippen molar-refractivity contribution in [2.75, 3.05) is 18.4 Å². The number of benzene rings is 1. The predicted octanol–water partition coefficient (Wildman–Crippen LogP) is 4.75. The molecule has 0 heterocycles. The fourth-order valence-electron chi connectivity index (χ4n) is 2.20. The SMILES string of the molecule is CCCCCC(=O)N(CCC)CC(=O)Nc1ccc(Cl)cc1Cl. The van der Waals surface area contributed by atoms with Crippen LogP contribution in [0.3, 0.4) is 0 Å². The van der Waals surface area contributed by atoms with Crippen LogP contribution in [0, 0.1) is 0 Å². The van der Waals surface area contributed by atoms with Gasteiger partial charge in [-0.05, 0) is 31.0 Å². The fraction of sp³-hybridized carbons (Fsp3) is 0.529. The number of carbonyl (C=O) groups excluding carboxylic acids is 2. The zero-order valence-corrected chi connectivity index (χ0v) is 15.2. The second kappa shape index (κ2) is 10.5. The quantitative estimate of drug-likeness (QED) is 0.647. The molecule has 2 amide bonds. The van der Waals surface area contributed by atoms with Crippen molar-refractivity contribution >= 4 is 40.7 Å². The third kappa shape index (κ3) is 7.23. The molecule has 0 radical (unpaired) electrons. The predicted molar refractivity (Wildman–Crippen MR) is 96.1 cm³/mol. The van der Waals surface area contributed by atoms with Crippen LogP contribution in [0.1, 0.15) is 46.0 Å². The summed E-state index contributed by atoms with van der Waals surface area (Å²) in [5, 5.41) is 3.61. The van der Waals surface area contributed by atoms with Gasteiger partial charge in [-0.2, -0.15) is 0 Å². The minimum Gasteiger partial charge on any atom is -0.333 e. The van der Waals surface area contributed by atoms with Gasteiger partial charge >= 0.3 is 0 Å². The highest BCUT2D eigenvalue weighted by Gasteiger charge is 2.16. The summed E-state index contributed by atoms with van der Waals surface area (Å²) in [4.78, 5) is 26.0. The average Bonchev–Trinajstić information content (AvgIpc) is 2.50. The first-order valence-electron chi connectivity index (χ1n) is 8.00. The molecule has 6 heteroatoms. The van der Waals surface area contributed by atoms with Gasteiger partial charge in [-0.3, -0.25) is 9.59 Å². The van der Waals surface area contributed by atoms with Crippen LogP contribution in [-0.4, -0.2) is 29.8 Å². The highest BCUT2D eigenvalue weighted by molar-refractivity contribution is 6.36. The number of carbonyl (C=O) groups is 2. The number of nitrogens with zero attached hydrogens (tertiary/aromatic N) is 1. The number of halogens is 2. The van der Waals surface area contributed by atoms with E-state index in [1.165, 1.54) is 0 Å². The van der Waals surface area contributed by atoms with Crippen LogP contribution < -0.4 is 5.32 Å². The summed E-state index contributed by atoms with van der Waals surface area (Å²) in [5.41, 5.74) is 0.496. The number of amides is 2. The van der Waals surface area contributed by atoms with Crippen molar-refractivity contribution in [2.24, 2.45) is 0 Å². The monoisotopic (exact) mass is 358 g/mol. The Balaban J connectivity index is 2.61. The molecule has 1 N–H and O–H groups in total. The molecule has 0 unspecified atom stereocenters. The van der Waals surface area contributed by atoms with E-state index < -0.39 is 0 Å². The van der Waals surface area contributed by atoms with Crippen LogP contribution >= 0.6 is 23.2 Å². The lowest BCUT2D eigenvalue weighted by Gasteiger charge is -2.22. The molecule has 23 heavy (non-hydrogen) atoms. The number of rotatable bonds is 9. The summed E-state index contributed by atoms with van der Waals surface area (Å²) < 4.78 is 0. The zero-order valence-electron chi connectivity index (χ0n) is 13.7. The summed E-state index contributed by atoms with van der Waals surface area (Å²) in [5.74, 6) is -0.232. The third-order valence-corrected chi connectivity index (χ3v) is 3.93. The Morgan fingerprint density at radius 1 is 1.13 bits per heavy atom. The Bertz CT molecular complexity index is 535. The molecule has 4 nitrogen and oxygen atoms in total. The third-order valence-electron chi connectivity index (χ3n) is 3.38. The van der Waals surface area contributed by atoms with Crippen LogP contribution in [-0.2, 0) is 9.59 Å². The summed E-state index contributed by atoms with van der Waals surface area (Å²) in [7, 11) is 0. The molecule has 0 bridgehead atoms. The van der Waals surface area contributed by atoms with E-state index in [2.05, 4.69) is 12.2 Å². The van der Waals surface area contributed by atoms with E-state index >= 15 is 0 Å². The Morgan fingerprint density at radius 2 is 1.87 bits per heavy atom. The molecule has 0 spiro atoms. The van der Waals surface area contributed by atoms with Crippen LogP contribution in [0.25, 0.3) is 0 Å². The first kappa shape index (κ1) is 19.8. The van der Waals surface area contributed by atoms with Crippen molar-refractivity contribution in [3.05, 3.63) is 28.2 Å². The Labute approximate surface area is 148 Å². The number of anilines is 1. The summed E-state index contributed by atoms with van der Waals surface area (Å²) in [6, 6.07) is 4.87. The van der Waals surface area contributed by atoms with Crippen molar-refractivity contribution < 1.29 is 9.59 Å². The maximum atomic E-state index is 12.2. The Morgan fingerprint density at radius 3 is 2.48 bits per heavy atom. The largest absolute Gasteiger partial charge is 0.333 e. The van der Waals surface area contributed by atoms with Gasteiger partial charge in [-0.1, -0.05) is 49.9 Å². The van der Waals surface area contributed by atoms with Crippen LogP contribution in [0.5, 0.6) is 0 Å². The number of hydrogen-bond donors (Lipinski definition) is 1. The van der Waals surface area contributed by atoms with E-state index in [4.69, 9.17) is 23.2 Å². The van der Waals surface area contributed by atoms with Gasteiger partial charge in [0.05, 0.1) is 17.3 Å². The molecule has 1 aromatic carbocycles. The van der Waals surface area contributed by atoms with Crippen molar-refractivity contribution in [3.63, 3.8) is 0 Å². The molecular formula is C17H24Cl2N2O2. The maximum Gasteiger partial charge on any atom is 0.244 e. The van der Waals surface area contributed by atoms with Gasteiger partial charge in [0.2, 0.25) is 11.8 Å². The molecular weight excluding hydrogens is 335 g/mol. The maximum absolute atomic E-state index is 12.2. The Hall–Kier alpha value is -1.26. The zero-order chi connectivity index (χ0) is 17.2. The molecule has 128 valence electrons. The van der Waals surface area contributed by atoms with Crippen LogP contribution in [0.2, 0.25) is 10.0 Å². The van der Waals surface area contributed by atoms with E-state index in [1.54, 1.807) is 23.1 Å². The smallest absolute Gasteiger partial charge is 0.244 e. The lowest BCUT2D eigenvalue weighted by Crippen LogP contribution is -2.38. The molecule has 0 aliphatic heterocycles. The van der Waals surface area contributed by atoms with Gasteiger partial charge in [0, 0.05) is 18.0 Å². The van der Waals surface area contributed by atoms with Crippen molar-refractivity contribution in [1.82, 2.24) is 4.90 Å². The van der Waals surface area contributed by atoms with Gasteiger partial charge in [0.15, 0.2) is 0 Å². The first-order valence-corrected chi connectivity index (χ1v) is 8.76. The summed E-state index contributed by atoms with van der Waals surface area (Å²) in [6.45, 7) is 4.70. The van der Waals surface area contributed by atoms with Crippen LogP contribution in [0.4, 0.5) is 5.69 Å². The normalized spacial score (nSPS) is 10.4. The standard InChI is InChI=1S/C17H24Cl2N2O2/c1-3-5-6-7-17(23)21(10-4-2)12-16(22)20-15-9-8-13(18)11-14(15)19/h8-9,11H,3-7,10,12H2,1-2H3,(H,20,22). The van der Waals surface area contributed by atoms with Crippen molar-refractivity contribution in [2.45, 2.75) is 46.0 Å². The lowest BCUT2D eigenvalue weighted by molar-refractivity contribution is -0.134. The van der Waals surface area contributed by atoms with Gasteiger partial charge < -0.3 is 10.2 Å². The number of nitrogens with one attached hydrogen (secondary N) is 1. The highest BCUT2D eigenvalue weighted by Crippen LogP contribution is 2.25. The van der Waals surface area contributed by atoms with Crippen molar-refractivity contribution in [1.29, 1.82) is 0 Å². The minimum atomic E-state index is -0.258. The summed E-state index contributed by atoms with van der Waals surface area (Å²) in [6.07, 6.45) is 4.26. The van der Waals surface area contributed by atoms with Gasteiger partial charge in [-0.15, -0.1) is 0 Å². The minimum absolute atomic E-state index is 0.0256. The van der Waals surface area contributed by atoms with E-state index in [0.717, 1.165) is 25.7 Å². The Kier molecular flexibility index (Phi) is 9.03. The topological polar surface area (TPSA) is 49.4 Å². The molecule has 0 aromatic heterocycles. The number of unbranched alkanes of at least 4 members (excludes halogenated alkanes) is 2. The van der Waals surface area contributed by atoms with E-state index in [9.17, 15) is 9.59 Å². The average molecular weight is 359 g/mol. The number of hydrogen-bond acceptors (Lipinski definition) is 2. The fourth-order valence-corrected chi connectivity index (χ4v) is 2.66. The molecule has 0 saturated carbocycles. The molecule has 0 fully saturated rings. The molecule has 0 aliphatic carbocycles. The molecule has 1 aromatic rings.